The van der Waals surface area contributed by atoms with Crippen LogP contribution in [0.5, 0.6) is 0 Å². The molecule has 2 nitrogen and oxygen atoms in total. The number of aliphatic hydroxyl groups excluding tert-OH is 1. The molecule has 2 atom stereocenters. The molecule has 0 aromatic heterocycles. The molecular weight excluding hydrogens is 234 g/mol. The average molecular weight is 269 g/mol. The van der Waals surface area contributed by atoms with Gasteiger partial charge in [0.1, 0.15) is 0 Å². The molecule has 114 valence electrons. The molecule has 0 aliphatic heterocycles. The van der Waals surface area contributed by atoms with Gasteiger partial charge in [-0.2, -0.15) is 0 Å². The van der Waals surface area contributed by atoms with E-state index in [4.69, 9.17) is 0 Å². The highest BCUT2D eigenvalue weighted by Crippen LogP contribution is 2.41. The summed E-state index contributed by atoms with van der Waals surface area (Å²) in [6, 6.07) is 1.17. The molecule has 0 bridgehead atoms. The fourth-order valence-corrected chi connectivity index (χ4v) is 3.06. The SMILES string of the molecule is CCCCCC(CCCCC)NC1CC(O)C1(C)C. The second-order valence-electron chi connectivity index (χ2n) is 6.98. The molecule has 1 fully saturated rings. The predicted octanol–water partition coefficient (Wildman–Crippen LogP) is 4.26. The summed E-state index contributed by atoms with van der Waals surface area (Å²) in [5, 5.41) is 13.7. The van der Waals surface area contributed by atoms with E-state index in [-0.39, 0.29) is 11.5 Å². The van der Waals surface area contributed by atoms with E-state index in [0.717, 1.165) is 6.42 Å². The molecule has 1 saturated carbocycles. The van der Waals surface area contributed by atoms with Crippen molar-refractivity contribution in [1.82, 2.24) is 5.32 Å². The smallest absolute Gasteiger partial charge is 0.0621 e. The van der Waals surface area contributed by atoms with E-state index in [0.29, 0.717) is 12.1 Å². The zero-order valence-corrected chi connectivity index (χ0v) is 13.5. The number of nitrogens with one attached hydrogen (secondary N) is 1. The van der Waals surface area contributed by atoms with Gasteiger partial charge in [-0.25, -0.2) is 0 Å². The minimum Gasteiger partial charge on any atom is -0.392 e. The third kappa shape index (κ3) is 5.07. The summed E-state index contributed by atoms with van der Waals surface area (Å²) < 4.78 is 0. The maximum atomic E-state index is 9.85. The molecule has 19 heavy (non-hydrogen) atoms. The van der Waals surface area contributed by atoms with Crippen LogP contribution in [-0.2, 0) is 0 Å². The summed E-state index contributed by atoms with van der Waals surface area (Å²) in [6.45, 7) is 8.91. The lowest BCUT2D eigenvalue weighted by Crippen LogP contribution is -2.61. The first kappa shape index (κ1) is 17.0. The average Bonchev–Trinajstić information content (AvgIpc) is 2.38. The van der Waals surface area contributed by atoms with Gasteiger partial charge >= 0.3 is 0 Å². The Morgan fingerprint density at radius 1 is 1.05 bits per heavy atom. The number of hydrogen-bond acceptors (Lipinski definition) is 2. The maximum absolute atomic E-state index is 9.85. The summed E-state index contributed by atoms with van der Waals surface area (Å²) >= 11 is 0. The molecule has 0 radical (unpaired) electrons. The molecule has 0 saturated heterocycles. The molecule has 0 aromatic rings. The third-order valence-electron chi connectivity index (χ3n) is 4.97. The normalized spacial score (nSPS) is 25.6. The minimum absolute atomic E-state index is 0.0633. The zero-order valence-electron chi connectivity index (χ0n) is 13.5. The summed E-state index contributed by atoms with van der Waals surface area (Å²) in [6.07, 6.45) is 11.4. The van der Waals surface area contributed by atoms with Crippen molar-refractivity contribution >= 4 is 0 Å². The van der Waals surface area contributed by atoms with Crippen molar-refractivity contribution in [2.45, 2.75) is 104 Å². The molecule has 0 amide bonds. The molecule has 0 aromatic carbocycles. The topological polar surface area (TPSA) is 32.3 Å². The Labute approximate surface area is 120 Å². The lowest BCUT2D eigenvalue weighted by molar-refractivity contribution is -0.0765. The Morgan fingerprint density at radius 2 is 1.58 bits per heavy atom. The van der Waals surface area contributed by atoms with Crippen molar-refractivity contribution in [3.8, 4) is 0 Å². The van der Waals surface area contributed by atoms with Crippen molar-refractivity contribution < 1.29 is 5.11 Å². The van der Waals surface area contributed by atoms with Crippen LogP contribution in [0.3, 0.4) is 0 Å². The van der Waals surface area contributed by atoms with Crippen molar-refractivity contribution in [3.05, 3.63) is 0 Å². The van der Waals surface area contributed by atoms with Gasteiger partial charge in [-0.15, -0.1) is 0 Å². The van der Waals surface area contributed by atoms with Crippen LogP contribution in [0.15, 0.2) is 0 Å². The van der Waals surface area contributed by atoms with E-state index in [2.05, 4.69) is 33.0 Å². The van der Waals surface area contributed by atoms with Crippen LogP contribution < -0.4 is 5.32 Å². The fourth-order valence-electron chi connectivity index (χ4n) is 3.06. The second-order valence-corrected chi connectivity index (χ2v) is 6.98. The third-order valence-corrected chi connectivity index (χ3v) is 4.97. The van der Waals surface area contributed by atoms with E-state index in [1.54, 1.807) is 0 Å². The monoisotopic (exact) mass is 269 g/mol. The summed E-state index contributed by atoms with van der Waals surface area (Å²) in [7, 11) is 0. The molecular formula is C17H35NO. The Balaban J connectivity index is 2.35. The first-order chi connectivity index (χ1) is 9.02. The Hall–Kier alpha value is -0.0800. The summed E-state index contributed by atoms with van der Waals surface area (Å²) in [5.41, 5.74) is 0.0633. The van der Waals surface area contributed by atoms with Gasteiger partial charge in [-0.3, -0.25) is 0 Å². The molecule has 2 N–H and O–H groups in total. The predicted molar refractivity (Wildman–Crippen MR) is 83.4 cm³/mol. The van der Waals surface area contributed by atoms with E-state index < -0.39 is 0 Å². The van der Waals surface area contributed by atoms with Gasteiger partial charge in [0.25, 0.3) is 0 Å². The van der Waals surface area contributed by atoms with Crippen molar-refractivity contribution in [3.63, 3.8) is 0 Å². The highest BCUT2D eigenvalue weighted by molar-refractivity contribution is 5.02. The molecule has 1 rings (SSSR count). The highest BCUT2D eigenvalue weighted by atomic mass is 16.3. The quantitative estimate of drug-likeness (QED) is 0.581. The molecule has 2 unspecified atom stereocenters. The van der Waals surface area contributed by atoms with Gasteiger partial charge in [0.05, 0.1) is 6.10 Å². The van der Waals surface area contributed by atoms with Crippen LogP contribution in [0.25, 0.3) is 0 Å². The van der Waals surface area contributed by atoms with Gasteiger partial charge in [0.15, 0.2) is 0 Å². The van der Waals surface area contributed by atoms with Crippen molar-refractivity contribution in [2.24, 2.45) is 5.41 Å². The molecule has 1 aliphatic rings. The van der Waals surface area contributed by atoms with Crippen LogP contribution in [0.2, 0.25) is 0 Å². The van der Waals surface area contributed by atoms with Crippen LogP contribution >= 0.6 is 0 Å². The van der Waals surface area contributed by atoms with Crippen molar-refractivity contribution in [1.29, 1.82) is 0 Å². The van der Waals surface area contributed by atoms with Crippen LogP contribution in [0.1, 0.15) is 85.5 Å². The molecule has 1 aliphatic carbocycles. The number of hydrogen-bond donors (Lipinski definition) is 2. The lowest BCUT2D eigenvalue weighted by atomic mass is 9.64. The van der Waals surface area contributed by atoms with Gasteiger partial charge in [0.2, 0.25) is 0 Å². The van der Waals surface area contributed by atoms with Gasteiger partial charge in [-0.05, 0) is 19.3 Å². The Kier molecular flexibility index (Phi) is 7.38. The van der Waals surface area contributed by atoms with Crippen LogP contribution in [0.4, 0.5) is 0 Å². The molecule has 0 heterocycles. The van der Waals surface area contributed by atoms with E-state index in [1.807, 2.05) is 0 Å². The minimum atomic E-state index is -0.114. The first-order valence-electron chi connectivity index (χ1n) is 8.46. The van der Waals surface area contributed by atoms with Gasteiger partial charge in [0, 0.05) is 17.5 Å². The number of aliphatic hydroxyl groups is 1. The van der Waals surface area contributed by atoms with Gasteiger partial charge < -0.3 is 10.4 Å². The number of rotatable bonds is 10. The van der Waals surface area contributed by atoms with Crippen molar-refractivity contribution in [2.75, 3.05) is 0 Å². The first-order valence-corrected chi connectivity index (χ1v) is 8.46. The van der Waals surface area contributed by atoms with Crippen LogP contribution in [0, 0.1) is 5.41 Å². The van der Waals surface area contributed by atoms with E-state index in [9.17, 15) is 5.11 Å². The Morgan fingerprint density at radius 3 is 1.95 bits per heavy atom. The zero-order chi connectivity index (χ0) is 14.3. The van der Waals surface area contributed by atoms with E-state index >= 15 is 0 Å². The highest BCUT2D eigenvalue weighted by Gasteiger charge is 2.47. The summed E-state index contributed by atoms with van der Waals surface area (Å²) in [5.74, 6) is 0. The van der Waals surface area contributed by atoms with Gasteiger partial charge in [-0.1, -0.05) is 66.2 Å². The second kappa shape index (κ2) is 8.26. The van der Waals surface area contributed by atoms with E-state index in [1.165, 1.54) is 51.4 Å². The Bertz CT molecular complexity index is 229. The largest absolute Gasteiger partial charge is 0.392 e. The van der Waals surface area contributed by atoms with Crippen LogP contribution in [-0.4, -0.2) is 23.3 Å². The fraction of sp³-hybridized carbons (Fsp3) is 1.00. The molecule has 0 spiro atoms. The standard InChI is InChI=1S/C17H35NO/c1-5-7-9-11-14(12-10-8-6-2)18-15-13-16(19)17(15,3)4/h14-16,18-19H,5-13H2,1-4H3. The summed E-state index contributed by atoms with van der Waals surface area (Å²) in [4.78, 5) is 0. The number of unbranched alkanes of at least 4 members (excludes halogenated alkanes) is 4. The molecule has 2 heteroatoms. The maximum Gasteiger partial charge on any atom is 0.0621 e. The lowest BCUT2D eigenvalue weighted by Gasteiger charge is -2.51.